The molecule has 0 aromatic heterocycles. The molecule has 0 spiro atoms. The summed E-state index contributed by atoms with van der Waals surface area (Å²) in [6, 6.07) is 6.08. The number of hydrogen-bond acceptors (Lipinski definition) is 3. The standard InChI is InChI=1S/C13H15BrN2O3/c1-9-5-6-15(12(9)8-14)13(17)10-3-2-4-11(7-10)16(18)19/h2-4,7,9,12H,5-6,8H2,1H3. The molecule has 1 aliphatic heterocycles. The average molecular weight is 327 g/mol. The minimum atomic E-state index is -0.481. The van der Waals surface area contributed by atoms with Crippen molar-refractivity contribution in [1.82, 2.24) is 4.90 Å². The quantitative estimate of drug-likeness (QED) is 0.487. The number of halogens is 1. The second kappa shape index (κ2) is 5.69. The number of amides is 1. The fourth-order valence-corrected chi connectivity index (χ4v) is 3.40. The molecule has 0 saturated carbocycles. The van der Waals surface area contributed by atoms with Gasteiger partial charge in [-0.2, -0.15) is 0 Å². The number of hydrogen-bond donors (Lipinski definition) is 0. The third kappa shape index (κ3) is 2.78. The predicted octanol–water partition coefficient (Wildman–Crippen LogP) is 2.84. The molecule has 1 heterocycles. The smallest absolute Gasteiger partial charge is 0.270 e. The molecule has 0 N–H and O–H groups in total. The van der Waals surface area contributed by atoms with Crippen LogP contribution in [0.3, 0.4) is 0 Å². The molecule has 1 amide bonds. The maximum atomic E-state index is 12.4. The van der Waals surface area contributed by atoms with Crippen LogP contribution in [0.1, 0.15) is 23.7 Å². The fraction of sp³-hybridized carbons (Fsp3) is 0.462. The van der Waals surface area contributed by atoms with Gasteiger partial charge in [0.05, 0.1) is 4.92 Å². The van der Waals surface area contributed by atoms with Crippen LogP contribution in [0.4, 0.5) is 5.69 Å². The summed E-state index contributed by atoms with van der Waals surface area (Å²) < 4.78 is 0. The lowest BCUT2D eigenvalue weighted by atomic mass is 10.0. The molecule has 1 aromatic carbocycles. The third-order valence-corrected chi connectivity index (χ3v) is 4.27. The van der Waals surface area contributed by atoms with E-state index in [-0.39, 0.29) is 17.6 Å². The van der Waals surface area contributed by atoms with Crippen molar-refractivity contribution in [2.75, 3.05) is 11.9 Å². The lowest BCUT2D eigenvalue weighted by Crippen LogP contribution is -2.38. The molecule has 6 heteroatoms. The van der Waals surface area contributed by atoms with E-state index in [2.05, 4.69) is 22.9 Å². The van der Waals surface area contributed by atoms with Crippen LogP contribution in [0.25, 0.3) is 0 Å². The summed E-state index contributed by atoms with van der Waals surface area (Å²) in [6.45, 7) is 2.83. The molecule has 1 fully saturated rings. The molecule has 0 bridgehead atoms. The zero-order valence-corrected chi connectivity index (χ0v) is 12.2. The number of rotatable bonds is 3. The van der Waals surface area contributed by atoms with Crippen molar-refractivity contribution in [3.05, 3.63) is 39.9 Å². The Bertz CT molecular complexity index is 506. The molecule has 1 aromatic rings. The van der Waals surface area contributed by atoms with E-state index in [1.807, 2.05) is 0 Å². The molecule has 5 nitrogen and oxygen atoms in total. The third-order valence-electron chi connectivity index (χ3n) is 3.61. The molecular formula is C13H15BrN2O3. The second-order valence-corrected chi connectivity index (χ2v) is 5.44. The van der Waals surface area contributed by atoms with Crippen LogP contribution in [0.5, 0.6) is 0 Å². The molecule has 0 aliphatic carbocycles. The van der Waals surface area contributed by atoms with Gasteiger partial charge in [-0.3, -0.25) is 14.9 Å². The Labute approximate surface area is 119 Å². The maximum absolute atomic E-state index is 12.4. The Morgan fingerprint density at radius 3 is 2.95 bits per heavy atom. The van der Waals surface area contributed by atoms with Gasteiger partial charge in [0, 0.05) is 35.6 Å². The van der Waals surface area contributed by atoms with Crippen molar-refractivity contribution in [2.45, 2.75) is 19.4 Å². The van der Waals surface area contributed by atoms with E-state index in [1.54, 1.807) is 17.0 Å². The van der Waals surface area contributed by atoms with Gasteiger partial charge in [-0.25, -0.2) is 0 Å². The maximum Gasteiger partial charge on any atom is 0.270 e. The Kier molecular flexibility index (Phi) is 4.19. The van der Waals surface area contributed by atoms with Crippen molar-refractivity contribution >= 4 is 27.5 Å². The second-order valence-electron chi connectivity index (χ2n) is 4.79. The molecule has 2 unspecified atom stereocenters. The van der Waals surface area contributed by atoms with Crippen molar-refractivity contribution in [2.24, 2.45) is 5.92 Å². The highest BCUT2D eigenvalue weighted by molar-refractivity contribution is 9.09. The largest absolute Gasteiger partial charge is 0.335 e. The van der Waals surface area contributed by atoms with Crippen molar-refractivity contribution in [3.8, 4) is 0 Å². The summed E-state index contributed by atoms with van der Waals surface area (Å²) in [4.78, 5) is 24.5. The zero-order chi connectivity index (χ0) is 14.0. The van der Waals surface area contributed by atoms with Crippen molar-refractivity contribution in [1.29, 1.82) is 0 Å². The molecule has 19 heavy (non-hydrogen) atoms. The fourth-order valence-electron chi connectivity index (χ4n) is 2.41. The Hall–Kier alpha value is -1.43. The highest BCUT2D eigenvalue weighted by atomic mass is 79.9. The van der Waals surface area contributed by atoms with Gasteiger partial charge < -0.3 is 4.90 Å². The normalized spacial score (nSPS) is 22.5. The lowest BCUT2D eigenvalue weighted by molar-refractivity contribution is -0.384. The number of benzene rings is 1. The molecule has 102 valence electrons. The van der Waals surface area contributed by atoms with E-state index in [4.69, 9.17) is 0 Å². The van der Waals surface area contributed by atoms with Crippen LogP contribution in [0.2, 0.25) is 0 Å². The summed E-state index contributed by atoms with van der Waals surface area (Å²) in [5.41, 5.74) is 0.336. The highest BCUT2D eigenvalue weighted by Gasteiger charge is 2.34. The minimum Gasteiger partial charge on any atom is -0.335 e. The first-order valence-corrected chi connectivity index (χ1v) is 7.28. The van der Waals surface area contributed by atoms with Gasteiger partial charge in [0.15, 0.2) is 0 Å². The van der Waals surface area contributed by atoms with Crippen LogP contribution >= 0.6 is 15.9 Å². The molecule has 1 aliphatic rings. The minimum absolute atomic E-state index is 0.0477. The summed E-state index contributed by atoms with van der Waals surface area (Å²) in [7, 11) is 0. The van der Waals surface area contributed by atoms with E-state index in [0.717, 1.165) is 11.8 Å². The first-order valence-electron chi connectivity index (χ1n) is 6.16. The number of carbonyl (C=O) groups is 1. The number of nitro groups is 1. The summed E-state index contributed by atoms with van der Waals surface area (Å²) in [5.74, 6) is 0.319. The van der Waals surface area contributed by atoms with Gasteiger partial charge in [-0.05, 0) is 18.4 Å². The summed E-state index contributed by atoms with van der Waals surface area (Å²) >= 11 is 3.43. The SMILES string of the molecule is CC1CCN(C(=O)c2cccc([N+](=O)[O-])c2)C1CBr. The number of alkyl halides is 1. The van der Waals surface area contributed by atoms with Gasteiger partial charge in [-0.1, -0.05) is 28.9 Å². The first kappa shape index (κ1) is 14.0. The van der Waals surface area contributed by atoms with E-state index >= 15 is 0 Å². The van der Waals surface area contributed by atoms with Crippen LogP contribution < -0.4 is 0 Å². The highest BCUT2D eigenvalue weighted by Crippen LogP contribution is 2.27. The Morgan fingerprint density at radius 2 is 2.32 bits per heavy atom. The van der Waals surface area contributed by atoms with Gasteiger partial charge in [0.1, 0.15) is 0 Å². The van der Waals surface area contributed by atoms with Gasteiger partial charge in [0.2, 0.25) is 0 Å². The number of carbonyl (C=O) groups excluding carboxylic acids is 1. The molecule has 0 radical (unpaired) electrons. The van der Waals surface area contributed by atoms with E-state index < -0.39 is 4.92 Å². The summed E-state index contributed by atoms with van der Waals surface area (Å²) in [5, 5.41) is 11.5. The number of nitrogens with zero attached hydrogens (tertiary/aromatic N) is 2. The van der Waals surface area contributed by atoms with Crippen LogP contribution in [0.15, 0.2) is 24.3 Å². The Balaban J connectivity index is 2.24. The predicted molar refractivity (Wildman–Crippen MR) is 75.5 cm³/mol. The number of likely N-dealkylation sites (tertiary alicyclic amines) is 1. The molecule has 2 atom stereocenters. The molecule has 1 saturated heterocycles. The number of non-ortho nitro benzene ring substituents is 1. The monoisotopic (exact) mass is 326 g/mol. The van der Waals surface area contributed by atoms with E-state index in [9.17, 15) is 14.9 Å². The molecule has 2 rings (SSSR count). The van der Waals surface area contributed by atoms with Gasteiger partial charge >= 0.3 is 0 Å². The molecular weight excluding hydrogens is 312 g/mol. The van der Waals surface area contributed by atoms with Crippen LogP contribution in [-0.4, -0.2) is 33.6 Å². The Morgan fingerprint density at radius 1 is 1.58 bits per heavy atom. The van der Waals surface area contributed by atoms with E-state index in [0.29, 0.717) is 18.0 Å². The number of nitro benzene ring substituents is 1. The lowest BCUT2D eigenvalue weighted by Gasteiger charge is -2.25. The first-order chi connectivity index (χ1) is 9.04. The van der Waals surface area contributed by atoms with Crippen LogP contribution in [-0.2, 0) is 0 Å². The average Bonchev–Trinajstić information content (AvgIpc) is 2.79. The van der Waals surface area contributed by atoms with Gasteiger partial charge in [0.25, 0.3) is 11.6 Å². The topological polar surface area (TPSA) is 63.5 Å². The summed E-state index contributed by atoms with van der Waals surface area (Å²) in [6.07, 6.45) is 0.969. The van der Waals surface area contributed by atoms with Gasteiger partial charge in [-0.15, -0.1) is 0 Å². The van der Waals surface area contributed by atoms with Crippen molar-refractivity contribution < 1.29 is 9.72 Å². The van der Waals surface area contributed by atoms with E-state index in [1.165, 1.54) is 12.1 Å². The van der Waals surface area contributed by atoms with Crippen LogP contribution in [0, 0.1) is 16.0 Å². The van der Waals surface area contributed by atoms with Crippen molar-refractivity contribution in [3.63, 3.8) is 0 Å². The zero-order valence-electron chi connectivity index (χ0n) is 10.6.